The van der Waals surface area contributed by atoms with Crippen molar-refractivity contribution < 1.29 is 9.53 Å². The Balaban J connectivity index is 1.62. The number of carbonyl (C=O) groups is 1. The van der Waals surface area contributed by atoms with Crippen LogP contribution in [-0.2, 0) is 28.8 Å². The van der Waals surface area contributed by atoms with E-state index in [1.54, 1.807) is 0 Å². The second kappa shape index (κ2) is 8.69. The third kappa shape index (κ3) is 4.33. The van der Waals surface area contributed by atoms with Crippen LogP contribution in [0.25, 0.3) is 0 Å². The molecule has 148 valence electrons. The third-order valence-corrected chi connectivity index (χ3v) is 5.51. The fourth-order valence-corrected chi connectivity index (χ4v) is 4.06. The van der Waals surface area contributed by atoms with Gasteiger partial charge in [0, 0.05) is 30.8 Å². The molecule has 1 fully saturated rings. The van der Waals surface area contributed by atoms with Crippen LogP contribution in [0.4, 0.5) is 5.82 Å². The number of carbonyl (C=O) groups excluding carboxylic acids is 1. The van der Waals surface area contributed by atoms with Gasteiger partial charge >= 0.3 is 0 Å². The van der Waals surface area contributed by atoms with Crippen molar-refractivity contribution in [3.8, 4) is 0 Å². The highest BCUT2D eigenvalue weighted by Gasteiger charge is 2.28. The van der Waals surface area contributed by atoms with E-state index in [9.17, 15) is 4.79 Å². The van der Waals surface area contributed by atoms with Gasteiger partial charge in [-0.1, -0.05) is 30.3 Å². The van der Waals surface area contributed by atoms with Crippen molar-refractivity contribution in [1.29, 1.82) is 0 Å². The number of hydrogen-bond donors (Lipinski definition) is 1. The zero-order chi connectivity index (χ0) is 19.3. The molecular formula is C22H28N4O2. The number of nitrogens with one attached hydrogen (secondary N) is 1. The number of benzene rings is 1. The lowest BCUT2D eigenvalue weighted by molar-refractivity contribution is -0.136. The van der Waals surface area contributed by atoms with Crippen molar-refractivity contribution in [3.63, 3.8) is 0 Å². The molecule has 1 aromatic carbocycles. The molecule has 1 aliphatic heterocycles. The highest BCUT2D eigenvalue weighted by atomic mass is 16.5. The van der Waals surface area contributed by atoms with Crippen molar-refractivity contribution in [2.24, 2.45) is 0 Å². The first kappa shape index (κ1) is 18.9. The van der Waals surface area contributed by atoms with Crippen LogP contribution in [0.15, 0.2) is 30.3 Å². The predicted molar refractivity (Wildman–Crippen MR) is 108 cm³/mol. The molecule has 2 aromatic rings. The van der Waals surface area contributed by atoms with Crippen LogP contribution in [0.1, 0.15) is 35.5 Å². The summed E-state index contributed by atoms with van der Waals surface area (Å²) in [6.45, 7) is 4.42. The average molecular weight is 380 g/mol. The van der Waals surface area contributed by atoms with Gasteiger partial charge in [-0.05, 0) is 38.2 Å². The van der Waals surface area contributed by atoms with Gasteiger partial charge in [-0.15, -0.1) is 0 Å². The highest BCUT2D eigenvalue weighted by Crippen LogP contribution is 2.26. The van der Waals surface area contributed by atoms with E-state index >= 15 is 0 Å². The van der Waals surface area contributed by atoms with E-state index in [0.717, 1.165) is 42.2 Å². The third-order valence-electron chi connectivity index (χ3n) is 5.51. The molecule has 6 nitrogen and oxygen atoms in total. The highest BCUT2D eigenvalue weighted by molar-refractivity contribution is 5.85. The van der Waals surface area contributed by atoms with Gasteiger partial charge in [0.1, 0.15) is 17.7 Å². The molecular weight excluding hydrogens is 352 g/mol. The van der Waals surface area contributed by atoms with Crippen LogP contribution in [-0.4, -0.2) is 53.1 Å². The van der Waals surface area contributed by atoms with Gasteiger partial charge in [0.2, 0.25) is 5.91 Å². The van der Waals surface area contributed by atoms with Crippen LogP contribution in [0.5, 0.6) is 0 Å². The smallest absolute Gasteiger partial charge is 0.245 e. The van der Waals surface area contributed by atoms with E-state index in [1.807, 2.05) is 30.0 Å². The summed E-state index contributed by atoms with van der Waals surface area (Å²) in [5.74, 6) is 1.72. The average Bonchev–Trinajstić information content (AvgIpc) is 2.74. The van der Waals surface area contributed by atoms with Gasteiger partial charge in [0.25, 0.3) is 0 Å². The summed E-state index contributed by atoms with van der Waals surface area (Å²) < 4.78 is 5.42. The summed E-state index contributed by atoms with van der Waals surface area (Å²) in [5.41, 5.74) is 3.46. The summed E-state index contributed by atoms with van der Waals surface area (Å²) >= 11 is 0. The zero-order valence-corrected chi connectivity index (χ0v) is 16.5. The monoisotopic (exact) mass is 380 g/mol. The Morgan fingerprint density at radius 3 is 2.68 bits per heavy atom. The van der Waals surface area contributed by atoms with Gasteiger partial charge in [-0.3, -0.25) is 4.79 Å². The SMILES string of the molecule is Cc1nc2c(c(NC(Cc3ccccc3)C(=O)N3CCOCC3)n1)CCCC2. The largest absolute Gasteiger partial charge is 0.378 e. The second-order valence-corrected chi connectivity index (χ2v) is 7.58. The molecule has 1 amide bonds. The topological polar surface area (TPSA) is 67.4 Å². The first-order chi connectivity index (χ1) is 13.7. The van der Waals surface area contributed by atoms with Crippen molar-refractivity contribution in [1.82, 2.24) is 14.9 Å². The minimum Gasteiger partial charge on any atom is -0.378 e. The van der Waals surface area contributed by atoms with Crippen LogP contribution < -0.4 is 5.32 Å². The number of fused-ring (bicyclic) bond motifs is 1. The summed E-state index contributed by atoms with van der Waals surface area (Å²) in [6.07, 6.45) is 4.92. The number of nitrogens with zero attached hydrogens (tertiary/aromatic N) is 3. The number of ether oxygens (including phenoxy) is 1. The van der Waals surface area contributed by atoms with E-state index < -0.39 is 0 Å². The number of aryl methyl sites for hydroxylation is 2. The van der Waals surface area contributed by atoms with E-state index in [-0.39, 0.29) is 11.9 Å². The number of hydrogen-bond acceptors (Lipinski definition) is 5. The lowest BCUT2D eigenvalue weighted by Gasteiger charge is -2.31. The van der Waals surface area contributed by atoms with Gasteiger partial charge < -0.3 is 15.0 Å². The number of amides is 1. The van der Waals surface area contributed by atoms with E-state index in [1.165, 1.54) is 12.0 Å². The van der Waals surface area contributed by atoms with Crippen molar-refractivity contribution in [3.05, 3.63) is 53.0 Å². The zero-order valence-electron chi connectivity index (χ0n) is 16.5. The molecule has 0 spiro atoms. The van der Waals surface area contributed by atoms with Gasteiger partial charge in [-0.25, -0.2) is 9.97 Å². The predicted octanol–water partition coefficient (Wildman–Crippen LogP) is 2.55. The molecule has 1 saturated heterocycles. The minimum absolute atomic E-state index is 0.118. The number of rotatable bonds is 5. The lowest BCUT2D eigenvalue weighted by atomic mass is 9.95. The molecule has 28 heavy (non-hydrogen) atoms. The maximum atomic E-state index is 13.3. The molecule has 1 aromatic heterocycles. The molecule has 0 bridgehead atoms. The van der Waals surface area contributed by atoms with Crippen LogP contribution in [0, 0.1) is 6.92 Å². The summed E-state index contributed by atoms with van der Waals surface area (Å²) in [5, 5.41) is 3.51. The van der Waals surface area contributed by atoms with E-state index in [0.29, 0.717) is 32.7 Å². The number of aromatic nitrogens is 2. The molecule has 6 heteroatoms. The standard InChI is InChI=1S/C22H28N4O2/c1-16-23-19-10-6-5-9-18(19)21(24-16)25-20(15-17-7-3-2-4-8-17)22(27)26-11-13-28-14-12-26/h2-4,7-8,20H,5-6,9-15H2,1H3,(H,23,24,25). The number of morpholine rings is 1. The first-order valence-corrected chi connectivity index (χ1v) is 10.2. The first-order valence-electron chi connectivity index (χ1n) is 10.2. The Bertz CT molecular complexity index is 819. The van der Waals surface area contributed by atoms with Gasteiger partial charge in [0.15, 0.2) is 0 Å². The Hall–Kier alpha value is -2.47. The Kier molecular flexibility index (Phi) is 5.86. The Labute approximate surface area is 166 Å². The van der Waals surface area contributed by atoms with Gasteiger partial charge in [-0.2, -0.15) is 0 Å². The molecule has 0 radical (unpaired) electrons. The summed E-state index contributed by atoms with van der Waals surface area (Å²) in [4.78, 5) is 24.5. The van der Waals surface area contributed by atoms with Crippen molar-refractivity contribution in [2.75, 3.05) is 31.6 Å². The fourth-order valence-electron chi connectivity index (χ4n) is 4.06. The Morgan fingerprint density at radius 2 is 1.89 bits per heavy atom. The van der Waals surface area contributed by atoms with Gasteiger partial charge in [0.05, 0.1) is 13.2 Å². The quantitative estimate of drug-likeness (QED) is 0.863. The van der Waals surface area contributed by atoms with Crippen molar-refractivity contribution >= 4 is 11.7 Å². The second-order valence-electron chi connectivity index (χ2n) is 7.58. The maximum Gasteiger partial charge on any atom is 0.245 e. The maximum absolute atomic E-state index is 13.3. The Morgan fingerprint density at radius 1 is 1.14 bits per heavy atom. The molecule has 1 atom stereocenters. The van der Waals surface area contributed by atoms with E-state index in [2.05, 4.69) is 27.4 Å². The number of anilines is 1. The molecule has 4 rings (SSSR count). The van der Waals surface area contributed by atoms with Crippen LogP contribution >= 0.6 is 0 Å². The molecule has 1 unspecified atom stereocenters. The molecule has 1 aliphatic carbocycles. The van der Waals surface area contributed by atoms with Crippen LogP contribution in [0.3, 0.4) is 0 Å². The lowest BCUT2D eigenvalue weighted by Crippen LogP contribution is -2.49. The van der Waals surface area contributed by atoms with Crippen LogP contribution in [0.2, 0.25) is 0 Å². The molecule has 0 saturated carbocycles. The molecule has 1 N–H and O–H groups in total. The van der Waals surface area contributed by atoms with Crippen molar-refractivity contribution in [2.45, 2.75) is 45.1 Å². The summed E-state index contributed by atoms with van der Waals surface area (Å²) in [6, 6.07) is 9.83. The molecule has 2 heterocycles. The normalized spacial score (nSPS) is 17.7. The fraction of sp³-hybridized carbons (Fsp3) is 0.500. The molecule has 2 aliphatic rings. The minimum atomic E-state index is -0.346. The summed E-state index contributed by atoms with van der Waals surface area (Å²) in [7, 11) is 0. The van der Waals surface area contributed by atoms with E-state index in [4.69, 9.17) is 4.74 Å².